The van der Waals surface area contributed by atoms with Crippen LogP contribution in [0.15, 0.2) is 6.20 Å². The van der Waals surface area contributed by atoms with Crippen molar-refractivity contribution < 1.29 is 8.78 Å². The summed E-state index contributed by atoms with van der Waals surface area (Å²) in [5, 5.41) is -0.233. The first kappa shape index (κ1) is 12.8. The van der Waals surface area contributed by atoms with Crippen molar-refractivity contribution in [2.45, 2.75) is 33.0 Å². The van der Waals surface area contributed by atoms with Gasteiger partial charge in [-0.05, 0) is 13.8 Å². The Balaban J connectivity index is 2.21. The van der Waals surface area contributed by atoms with Crippen molar-refractivity contribution in [2.24, 2.45) is 0 Å². The maximum atomic E-state index is 14.4. The summed E-state index contributed by atoms with van der Waals surface area (Å²) in [5.41, 5.74) is 0.835. The molecular weight excluding hydrogens is 272 g/mol. The van der Waals surface area contributed by atoms with Gasteiger partial charge >= 0.3 is 0 Å². The van der Waals surface area contributed by atoms with Crippen LogP contribution < -0.4 is 0 Å². The topological polar surface area (TPSA) is 21.1 Å². The highest BCUT2D eigenvalue weighted by Gasteiger charge is 2.28. The van der Waals surface area contributed by atoms with Gasteiger partial charge in [0.1, 0.15) is 5.65 Å². The molecular formula is C13H14ClF2N3. The standard InChI is InChI=1S/C13H14ClF2N3/c1-7(2)18-3-4-19-9(6-18)12(16)10-11(15)8(14)5-17-13(10)19/h5,7H,3-4,6H2,1-2H3. The number of pyridine rings is 1. The van der Waals surface area contributed by atoms with E-state index in [2.05, 4.69) is 23.7 Å². The van der Waals surface area contributed by atoms with Crippen LogP contribution in [0.1, 0.15) is 19.5 Å². The minimum absolute atomic E-state index is 0.0897. The molecule has 6 heteroatoms. The molecule has 0 unspecified atom stereocenters. The van der Waals surface area contributed by atoms with Crippen LogP contribution in [0.3, 0.4) is 0 Å². The molecule has 3 heterocycles. The van der Waals surface area contributed by atoms with Crippen molar-refractivity contribution in [1.82, 2.24) is 14.5 Å². The summed E-state index contributed by atoms with van der Waals surface area (Å²) in [5.74, 6) is -1.25. The van der Waals surface area contributed by atoms with E-state index >= 15 is 0 Å². The lowest BCUT2D eigenvalue weighted by atomic mass is 10.2. The van der Waals surface area contributed by atoms with E-state index in [1.54, 1.807) is 4.57 Å². The Labute approximate surface area is 114 Å². The fourth-order valence-corrected chi connectivity index (χ4v) is 2.73. The molecule has 0 fully saturated rings. The summed E-state index contributed by atoms with van der Waals surface area (Å²) >= 11 is 5.68. The van der Waals surface area contributed by atoms with Gasteiger partial charge in [-0.2, -0.15) is 0 Å². The highest BCUT2D eigenvalue weighted by atomic mass is 35.5. The fourth-order valence-electron chi connectivity index (χ4n) is 2.58. The predicted octanol–water partition coefficient (Wildman–Crippen LogP) is 3.19. The average Bonchev–Trinajstić information content (AvgIpc) is 2.67. The molecule has 3 nitrogen and oxygen atoms in total. The van der Waals surface area contributed by atoms with Gasteiger partial charge < -0.3 is 4.57 Å². The Morgan fingerprint density at radius 2 is 2.00 bits per heavy atom. The molecule has 0 amide bonds. The lowest BCUT2D eigenvalue weighted by Gasteiger charge is -2.31. The maximum absolute atomic E-state index is 14.4. The van der Waals surface area contributed by atoms with E-state index in [0.717, 1.165) is 6.54 Å². The predicted molar refractivity (Wildman–Crippen MR) is 70.2 cm³/mol. The molecule has 2 aromatic heterocycles. The van der Waals surface area contributed by atoms with E-state index in [9.17, 15) is 8.78 Å². The van der Waals surface area contributed by atoms with Crippen LogP contribution in [0.5, 0.6) is 0 Å². The molecule has 0 bridgehead atoms. The number of rotatable bonds is 1. The second kappa shape index (κ2) is 4.42. The lowest BCUT2D eigenvalue weighted by Crippen LogP contribution is -2.38. The van der Waals surface area contributed by atoms with Gasteiger partial charge in [0.2, 0.25) is 0 Å². The van der Waals surface area contributed by atoms with Gasteiger partial charge in [0, 0.05) is 25.7 Å². The van der Waals surface area contributed by atoms with Crippen molar-refractivity contribution in [3.05, 3.63) is 28.5 Å². The summed E-state index contributed by atoms with van der Waals surface area (Å²) in [6.07, 6.45) is 1.24. The number of fused-ring (bicyclic) bond motifs is 3. The highest BCUT2D eigenvalue weighted by Crippen LogP contribution is 2.31. The lowest BCUT2D eigenvalue weighted by molar-refractivity contribution is 0.175. The molecule has 0 atom stereocenters. The van der Waals surface area contributed by atoms with Crippen molar-refractivity contribution in [2.75, 3.05) is 6.54 Å². The third-order valence-corrected chi connectivity index (χ3v) is 3.96. The molecule has 3 rings (SSSR count). The van der Waals surface area contributed by atoms with Gasteiger partial charge in [-0.15, -0.1) is 0 Å². The van der Waals surface area contributed by atoms with Gasteiger partial charge in [-0.3, -0.25) is 4.90 Å². The van der Waals surface area contributed by atoms with Crippen LogP contribution in [0, 0.1) is 11.6 Å². The normalized spacial score (nSPS) is 16.3. The van der Waals surface area contributed by atoms with Crippen molar-refractivity contribution in [3.8, 4) is 0 Å². The Morgan fingerprint density at radius 3 is 2.68 bits per heavy atom. The third kappa shape index (κ3) is 1.83. The Kier molecular flexibility index (Phi) is 2.98. The van der Waals surface area contributed by atoms with Gasteiger partial charge in [0.15, 0.2) is 11.6 Å². The Morgan fingerprint density at radius 1 is 1.26 bits per heavy atom. The summed E-state index contributed by atoms with van der Waals surface area (Å²) in [6.45, 7) is 6.01. The van der Waals surface area contributed by atoms with Crippen molar-refractivity contribution >= 4 is 22.6 Å². The Bertz CT molecular complexity index is 651. The van der Waals surface area contributed by atoms with Crippen LogP contribution in [0.25, 0.3) is 11.0 Å². The fraction of sp³-hybridized carbons (Fsp3) is 0.462. The molecule has 1 aliphatic heterocycles. The third-order valence-electron chi connectivity index (χ3n) is 3.70. The largest absolute Gasteiger partial charge is 0.324 e. The molecule has 2 aromatic rings. The zero-order valence-corrected chi connectivity index (χ0v) is 11.5. The molecule has 0 aliphatic carbocycles. The van der Waals surface area contributed by atoms with Gasteiger partial charge in [-0.1, -0.05) is 11.6 Å². The SMILES string of the molecule is CC(C)N1CCn2c(c(F)c3c(F)c(Cl)cnc32)C1. The molecule has 0 radical (unpaired) electrons. The minimum Gasteiger partial charge on any atom is -0.324 e. The zero-order valence-electron chi connectivity index (χ0n) is 10.8. The molecule has 1 aliphatic rings. The molecule has 102 valence electrons. The summed E-state index contributed by atoms with van der Waals surface area (Å²) in [4.78, 5) is 6.23. The average molecular weight is 286 g/mol. The maximum Gasteiger partial charge on any atom is 0.157 e. The van der Waals surface area contributed by atoms with Gasteiger partial charge in [0.25, 0.3) is 0 Å². The van der Waals surface area contributed by atoms with E-state index in [4.69, 9.17) is 11.6 Å². The molecule has 0 N–H and O–H groups in total. The van der Waals surface area contributed by atoms with E-state index in [1.807, 2.05) is 0 Å². The molecule has 0 saturated carbocycles. The molecule has 19 heavy (non-hydrogen) atoms. The Hall–Kier alpha value is -1.20. The van der Waals surface area contributed by atoms with Crippen LogP contribution in [-0.4, -0.2) is 27.0 Å². The summed E-state index contributed by atoms with van der Waals surface area (Å²) < 4.78 is 30.1. The van der Waals surface area contributed by atoms with E-state index in [0.29, 0.717) is 30.5 Å². The van der Waals surface area contributed by atoms with Crippen molar-refractivity contribution in [3.63, 3.8) is 0 Å². The molecule has 0 spiro atoms. The molecule has 0 aromatic carbocycles. The minimum atomic E-state index is -0.720. The first-order valence-corrected chi connectivity index (χ1v) is 6.63. The second-order valence-electron chi connectivity index (χ2n) is 5.10. The van der Waals surface area contributed by atoms with Crippen LogP contribution in [0.2, 0.25) is 5.02 Å². The summed E-state index contributed by atoms with van der Waals surface area (Å²) in [6, 6.07) is 0.326. The van der Waals surface area contributed by atoms with Crippen LogP contribution in [0.4, 0.5) is 8.78 Å². The number of halogens is 3. The number of nitrogens with zero attached hydrogens (tertiary/aromatic N) is 3. The van der Waals surface area contributed by atoms with Gasteiger partial charge in [0.05, 0.1) is 22.3 Å². The number of aromatic nitrogens is 2. The first-order valence-electron chi connectivity index (χ1n) is 6.25. The quantitative estimate of drug-likeness (QED) is 0.802. The van der Waals surface area contributed by atoms with Crippen LogP contribution >= 0.6 is 11.6 Å². The monoisotopic (exact) mass is 285 g/mol. The van der Waals surface area contributed by atoms with Crippen LogP contribution in [-0.2, 0) is 13.1 Å². The smallest absolute Gasteiger partial charge is 0.157 e. The van der Waals surface area contributed by atoms with Crippen molar-refractivity contribution in [1.29, 1.82) is 0 Å². The number of hydrogen-bond acceptors (Lipinski definition) is 2. The van der Waals surface area contributed by atoms with E-state index in [1.165, 1.54) is 6.20 Å². The molecule has 0 saturated heterocycles. The highest BCUT2D eigenvalue weighted by molar-refractivity contribution is 6.31. The first-order chi connectivity index (χ1) is 9.00. The van der Waals surface area contributed by atoms with Gasteiger partial charge in [-0.25, -0.2) is 13.8 Å². The van der Waals surface area contributed by atoms with E-state index < -0.39 is 11.6 Å². The number of hydrogen-bond donors (Lipinski definition) is 0. The zero-order chi connectivity index (χ0) is 13.7. The summed E-state index contributed by atoms with van der Waals surface area (Å²) in [7, 11) is 0. The second-order valence-corrected chi connectivity index (χ2v) is 5.50. The van der Waals surface area contributed by atoms with E-state index in [-0.39, 0.29) is 10.4 Å².